The molecule has 7 heteroatoms. The lowest BCUT2D eigenvalue weighted by molar-refractivity contribution is -0.188. The van der Waals surface area contributed by atoms with Crippen LogP contribution in [0.4, 0.5) is 0 Å². The van der Waals surface area contributed by atoms with Crippen LogP contribution in [-0.2, 0) is 14.2 Å². The largest absolute Gasteiger partial charge is 0.453 e. The Morgan fingerprint density at radius 2 is 2.11 bits per heavy atom. The molecule has 0 aromatic carbocycles. The normalized spacial score (nSPS) is 28.9. The van der Waals surface area contributed by atoms with E-state index in [0.29, 0.717) is 26.1 Å². The van der Waals surface area contributed by atoms with Gasteiger partial charge >= 0.3 is 0 Å². The molecule has 0 spiro atoms. The van der Waals surface area contributed by atoms with E-state index in [2.05, 4.69) is 25.2 Å². The number of nitrogens with zero attached hydrogens (tertiary/aromatic N) is 2. The first kappa shape index (κ1) is 22.6. The Kier molecular flexibility index (Phi) is 9.18. The van der Waals surface area contributed by atoms with Crippen LogP contribution in [0, 0.1) is 0 Å². The minimum Gasteiger partial charge on any atom is -0.453 e. The number of hydrogen-bond donors (Lipinski definition) is 2. The van der Waals surface area contributed by atoms with Crippen LogP contribution in [0.3, 0.4) is 0 Å². The van der Waals surface area contributed by atoms with E-state index in [1.165, 1.54) is 12.0 Å². The molecule has 2 aliphatic rings. The first-order valence-electron chi connectivity index (χ1n) is 9.90. The van der Waals surface area contributed by atoms with Gasteiger partial charge in [-0.25, -0.2) is 0 Å². The molecule has 0 aromatic heterocycles. The average Bonchev–Trinajstić information content (AvgIpc) is 3.22. The first-order chi connectivity index (χ1) is 13.4. The fourth-order valence-corrected chi connectivity index (χ4v) is 3.29. The lowest BCUT2D eigenvalue weighted by atomic mass is 10.0. The molecule has 0 aromatic rings. The third kappa shape index (κ3) is 6.74. The van der Waals surface area contributed by atoms with Gasteiger partial charge in [0.15, 0.2) is 6.40 Å². The maximum atomic E-state index is 9.88. The average molecular weight is 395 g/mol. The molecule has 2 fully saturated rings. The fourth-order valence-electron chi connectivity index (χ4n) is 3.29. The summed E-state index contributed by atoms with van der Waals surface area (Å²) in [6.45, 7) is 13.1. The van der Waals surface area contributed by atoms with Crippen LogP contribution in [0.25, 0.3) is 0 Å². The van der Waals surface area contributed by atoms with Crippen LogP contribution in [-0.4, -0.2) is 66.0 Å². The van der Waals surface area contributed by atoms with Gasteiger partial charge in [-0.1, -0.05) is 30.4 Å². The van der Waals surface area contributed by atoms with Gasteiger partial charge in [-0.05, 0) is 33.1 Å². The first-order valence-corrected chi connectivity index (χ1v) is 9.90. The molecule has 4 unspecified atom stereocenters. The van der Waals surface area contributed by atoms with Crippen LogP contribution in [0.1, 0.15) is 46.0 Å². The summed E-state index contributed by atoms with van der Waals surface area (Å²) >= 11 is 0. The quantitative estimate of drug-likeness (QED) is 0.257. The van der Waals surface area contributed by atoms with Gasteiger partial charge in [-0.2, -0.15) is 0 Å². The number of rotatable bonds is 10. The number of allylic oxidation sites excluding steroid dienone is 4. The Labute approximate surface area is 168 Å². The van der Waals surface area contributed by atoms with Crippen molar-refractivity contribution >= 4 is 6.40 Å². The van der Waals surface area contributed by atoms with Crippen molar-refractivity contribution in [3.63, 3.8) is 0 Å². The second-order valence-electron chi connectivity index (χ2n) is 7.44. The Morgan fingerprint density at radius 1 is 1.32 bits per heavy atom. The molecule has 2 N–H and O–H groups in total. The molecule has 4 atom stereocenters. The summed E-state index contributed by atoms with van der Waals surface area (Å²) in [6.07, 6.45) is 4.98. The van der Waals surface area contributed by atoms with E-state index in [1.807, 2.05) is 11.9 Å². The molecule has 0 amide bonds. The van der Waals surface area contributed by atoms with Crippen molar-refractivity contribution in [2.75, 3.05) is 19.8 Å². The van der Waals surface area contributed by atoms with E-state index in [0.717, 1.165) is 30.5 Å². The highest BCUT2D eigenvalue weighted by atomic mass is 16.7. The Bertz CT molecular complexity index is 583. The van der Waals surface area contributed by atoms with Crippen molar-refractivity contribution < 1.29 is 24.4 Å². The van der Waals surface area contributed by atoms with Crippen LogP contribution in [0.15, 0.2) is 41.2 Å². The zero-order valence-electron chi connectivity index (χ0n) is 17.0. The molecule has 158 valence electrons. The number of hydrogen-bond acceptors (Lipinski definition) is 7. The topological polar surface area (TPSA) is 83.8 Å². The van der Waals surface area contributed by atoms with Gasteiger partial charge in [0.05, 0.1) is 31.5 Å². The van der Waals surface area contributed by atoms with Crippen LogP contribution >= 0.6 is 0 Å². The monoisotopic (exact) mass is 394 g/mol. The molecule has 2 heterocycles. The maximum absolute atomic E-state index is 9.88. The molecule has 2 rings (SSSR count). The van der Waals surface area contributed by atoms with Crippen molar-refractivity contribution in [1.82, 2.24) is 5.01 Å². The summed E-state index contributed by atoms with van der Waals surface area (Å²) < 4.78 is 16.7. The standard InChI is InChI=1S/C21H34N2O5/c1-5-15(2)6-7-16(3)17(4)23(18-8-9-26-13-18)22-14-27-21-11-19(25)10-20(12-24)28-21/h5,14,18-21,24-25H,1-2,6-13H2,3-4H3/b17-16+,22-14+. The minimum absolute atomic E-state index is 0.142. The second-order valence-corrected chi connectivity index (χ2v) is 7.44. The number of aliphatic hydroxyl groups excluding tert-OH is 2. The number of aliphatic hydroxyl groups is 2. The Balaban J connectivity index is 2.02. The molecule has 2 saturated heterocycles. The van der Waals surface area contributed by atoms with Gasteiger partial charge in [-0.15, -0.1) is 5.10 Å². The molecule has 0 aliphatic carbocycles. The number of ether oxygens (including phenoxy) is 3. The van der Waals surface area contributed by atoms with Crippen molar-refractivity contribution in [1.29, 1.82) is 0 Å². The molecule has 0 saturated carbocycles. The predicted octanol–water partition coefficient (Wildman–Crippen LogP) is 2.71. The molecule has 2 aliphatic heterocycles. The van der Waals surface area contributed by atoms with E-state index < -0.39 is 18.5 Å². The van der Waals surface area contributed by atoms with Crippen LogP contribution in [0.2, 0.25) is 0 Å². The molecular weight excluding hydrogens is 360 g/mol. The third-order valence-corrected chi connectivity index (χ3v) is 5.25. The Hall–Kier alpha value is -1.67. The molecular formula is C21H34N2O5. The van der Waals surface area contributed by atoms with Gasteiger partial charge < -0.3 is 24.4 Å². The predicted molar refractivity (Wildman–Crippen MR) is 109 cm³/mol. The highest BCUT2D eigenvalue weighted by Crippen LogP contribution is 2.24. The third-order valence-electron chi connectivity index (χ3n) is 5.25. The highest BCUT2D eigenvalue weighted by molar-refractivity contribution is 5.46. The van der Waals surface area contributed by atoms with E-state index in [4.69, 9.17) is 14.2 Å². The zero-order valence-corrected chi connectivity index (χ0v) is 17.0. The van der Waals surface area contributed by atoms with Gasteiger partial charge in [0.25, 0.3) is 0 Å². The smallest absolute Gasteiger partial charge is 0.203 e. The molecule has 0 bridgehead atoms. The van der Waals surface area contributed by atoms with Crippen molar-refractivity contribution in [3.8, 4) is 0 Å². The molecule has 0 radical (unpaired) electrons. The highest BCUT2D eigenvalue weighted by Gasteiger charge is 2.29. The molecule has 28 heavy (non-hydrogen) atoms. The summed E-state index contributed by atoms with van der Waals surface area (Å²) in [6, 6.07) is 0.153. The second kappa shape index (κ2) is 11.4. The van der Waals surface area contributed by atoms with Crippen LogP contribution in [0.5, 0.6) is 0 Å². The van der Waals surface area contributed by atoms with Crippen LogP contribution < -0.4 is 0 Å². The lowest BCUT2D eigenvalue weighted by Crippen LogP contribution is -2.39. The molecule has 7 nitrogen and oxygen atoms in total. The lowest BCUT2D eigenvalue weighted by Gasteiger charge is -2.31. The van der Waals surface area contributed by atoms with Crippen molar-refractivity contribution in [2.24, 2.45) is 5.10 Å². The van der Waals surface area contributed by atoms with Gasteiger partial charge in [-0.3, -0.25) is 5.01 Å². The van der Waals surface area contributed by atoms with E-state index in [9.17, 15) is 10.2 Å². The van der Waals surface area contributed by atoms with E-state index in [-0.39, 0.29) is 12.6 Å². The van der Waals surface area contributed by atoms with Gasteiger partial charge in [0.2, 0.25) is 6.29 Å². The SMILES string of the molecule is C=CC(=C)CC/C(C)=C(\C)N(/N=C/OC1CC(O)CC(CO)O1)C1CCOC1. The van der Waals surface area contributed by atoms with E-state index >= 15 is 0 Å². The number of hydrazone groups is 1. The Morgan fingerprint density at radius 3 is 2.75 bits per heavy atom. The fraction of sp³-hybridized carbons (Fsp3) is 0.667. The summed E-state index contributed by atoms with van der Waals surface area (Å²) in [7, 11) is 0. The zero-order chi connectivity index (χ0) is 20.5. The van der Waals surface area contributed by atoms with Gasteiger partial charge in [0.1, 0.15) is 0 Å². The van der Waals surface area contributed by atoms with Crippen molar-refractivity contribution in [3.05, 3.63) is 36.1 Å². The maximum Gasteiger partial charge on any atom is 0.203 e. The minimum atomic E-state index is -0.618. The summed E-state index contributed by atoms with van der Waals surface area (Å²) in [5.41, 5.74) is 3.29. The summed E-state index contributed by atoms with van der Waals surface area (Å²) in [4.78, 5) is 0. The van der Waals surface area contributed by atoms with Crippen molar-refractivity contribution in [2.45, 2.75) is 70.5 Å². The van der Waals surface area contributed by atoms with Gasteiger partial charge in [0, 0.05) is 25.1 Å². The summed E-state index contributed by atoms with van der Waals surface area (Å²) in [5, 5.41) is 25.6. The van der Waals surface area contributed by atoms with E-state index in [1.54, 1.807) is 6.08 Å². The summed E-state index contributed by atoms with van der Waals surface area (Å²) in [5.74, 6) is 0.